The highest BCUT2D eigenvalue weighted by atomic mass is 32.2. The number of amides is 2. The van der Waals surface area contributed by atoms with Gasteiger partial charge < -0.3 is 0 Å². The van der Waals surface area contributed by atoms with Crippen molar-refractivity contribution in [1.29, 1.82) is 0 Å². The van der Waals surface area contributed by atoms with Crippen molar-refractivity contribution in [2.75, 3.05) is 13.1 Å². The molecule has 4 nitrogen and oxygen atoms in total. The largest absolute Gasteiger partial charge is 0.285 e. The third-order valence-corrected chi connectivity index (χ3v) is 7.54. The molecule has 28 heavy (non-hydrogen) atoms. The Bertz CT molecular complexity index is 885. The lowest BCUT2D eigenvalue weighted by Gasteiger charge is -2.35. The van der Waals surface area contributed by atoms with Gasteiger partial charge in [0.2, 0.25) is 0 Å². The SMILES string of the molecule is CCN1C(=O)C(=CC=C2Sc3ccc(C(C)(C)C)cc3S2)C(=O)N(CC)C1=S. The van der Waals surface area contributed by atoms with Crippen molar-refractivity contribution in [2.45, 2.75) is 49.8 Å². The van der Waals surface area contributed by atoms with Crippen LogP contribution in [0, 0.1) is 0 Å². The number of carbonyl (C=O) groups excluding carboxylic acids is 2. The Morgan fingerprint density at radius 2 is 1.54 bits per heavy atom. The predicted octanol–water partition coefficient (Wildman–Crippen LogP) is 4.95. The molecule has 2 amide bonds. The second-order valence-electron chi connectivity index (χ2n) is 7.56. The summed E-state index contributed by atoms with van der Waals surface area (Å²) in [7, 11) is 0. The molecule has 0 aliphatic carbocycles. The molecule has 148 valence electrons. The second-order valence-corrected chi connectivity index (χ2v) is 10.4. The van der Waals surface area contributed by atoms with Gasteiger partial charge >= 0.3 is 0 Å². The monoisotopic (exact) mass is 432 g/mol. The molecule has 1 aromatic carbocycles. The van der Waals surface area contributed by atoms with Crippen molar-refractivity contribution in [3.63, 3.8) is 0 Å². The molecule has 1 aromatic rings. The molecular formula is C21H24N2O2S3. The Kier molecular flexibility index (Phi) is 6.08. The summed E-state index contributed by atoms with van der Waals surface area (Å²) in [6.45, 7) is 11.2. The van der Waals surface area contributed by atoms with Gasteiger partial charge in [0.05, 0.1) is 0 Å². The number of hydrogen-bond donors (Lipinski definition) is 0. The summed E-state index contributed by atoms with van der Waals surface area (Å²) in [6, 6.07) is 6.55. The van der Waals surface area contributed by atoms with Crippen molar-refractivity contribution in [1.82, 2.24) is 9.80 Å². The number of carbonyl (C=O) groups is 2. The number of fused-ring (bicyclic) bond motifs is 1. The number of likely N-dealkylation sites (N-methyl/N-ethyl adjacent to an activating group) is 2. The van der Waals surface area contributed by atoms with Crippen LogP contribution < -0.4 is 0 Å². The van der Waals surface area contributed by atoms with Crippen LogP contribution in [0.4, 0.5) is 0 Å². The predicted molar refractivity (Wildman–Crippen MR) is 120 cm³/mol. The van der Waals surface area contributed by atoms with E-state index in [-0.39, 0.29) is 27.9 Å². The number of nitrogens with zero attached hydrogens (tertiary/aromatic N) is 2. The average Bonchev–Trinajstić information content (AvgIpc) is 3.03. The summed E-state index contributed by atoms with van der Waals surface area (Å²) >= 11 is 8.63. The highest BCUT2D eigenvalue weighted by Gasteiger charge is 2.37. The zero-order valence-electron chi connectivity index (χ0n) is 16.7. The maximum absolute atomic E-state index is 12.7. The molecule has 3 rings (SSSR count). The number of thioether (sulfide) groups is 2. The number of allylic oxidation sites excluding steroid dienone is 2. The van der Waals surface area contributed by atoms with Gasteiger partial charge in [0, 0.05) is 27.1 Å². The molecule has 0 unspecified atom stereocenters. The first-order valence-corrected chi connectivity index (χ1v) is 11.3. The molecule has 0 atom stereocenters. The van der Waals surface area contributed by atoms with E-state index in [1.54, 1.807) is 29.6 Å². The Hall–Kier alpha value is -1.57. The van der Waals surface area contributed by atoms with Gasteiger partial charge in [0.1, 0.15) is 5.57 Å². The molecule has 0 bridgehead atoms. The number of rotatable bonds is 3. The van der Waals surface area contributed by atoms with Crippen LogP contribution in [0.2, 0.25) is 0 Å². The van der Waals surface area contributed by atoms with Crippen LogP contribution in [-0.2, 0) is 15.0 Å². The first-order chi connectivity index (χ1) is 13.2. The molecule has 1 saturated heterocycles. The maximum Gasteiger partial charge on any atom is 0.265 e. The van der Waals surface area contributed by atoms with Crippen molar-refractivity contribution >= 4 is 52.7 Å². The van der Waals surface area contributed by atoms with E-state index in [9.17, 15) is 9.59 Å². The lowest BCUT2D eigenvalue weighted by atomic mass is 9.87. The quantitative estimate of drug-likeness (QED) is 0.384. The van der Waals surface area contributed by atoms with E-state index < -0.39 is 0 Å². The van der Waals surface area contributed by atoms with E-state index in [1.807, 2.05) is 19.9 Å². The molecule has 2 aliphatic rings. The molecule has 0 aromatic heterocycles. The van der Waals surface area contributed by atoms with Crippen LogP contribution >= 0.6 is 35.7 Å². The van der Waals surface area contributed by atoms with Gasteiger partial charge in [-0.3, -0.25) is 19.4 Å². The van der Waals surface area contributed by atoms with Crippen molar-refractivity contribution in [2.24, 2.45) is 0 Å². The standard InChI is InChI=1S/C21H24N2O2S3/c1-6-22-18(24)14(19(25)23(7-2)20(22)26)9-11-17-27-15-10-8-13(21(3,4)5)12-16(15)28-17/h8-12H,6-7H2,1-5H3. The fourth-order valence-electron chi connectivity index (χ4n) is 3.00. The van der Waals surface area contributed by atoms with Crippen LogP contribution in [0.25, 0.3) is 0 Å². The van der Waals surface area contributed by atoms with Gasteiger partial charge in [-0.1, -0.05) is 50.4 Å². The van der Waals surface area contributed by atoms with Crippen LogP contribution in [0.5, 0.6) is 0 Å². The Labute approximate surface area is 180 Å². The molecule has 0 N–H and O–H groups in total. The highest BCUT2D eigenvalue weighted by molar-refractivity contribution is 8.24. The zero-order valence-corrected chi connectivity index (χ0v) is 19.2. The number of thiocarbonyl (C=S) groups is 1. The smallest absolute Gasteiger partial charge is 0.265 e. The van der Waals surface area contributed by atoms with E-state index in [4.69, 9.17) is 12.2 Å². The van der Waals surface area contributed by atoms with E-state index in [0.29, 0.717) is 13.1 Å². The molecule has 0 radical (unpaired) electrons. The lowest BCUT2D eigenvalue weighted by Crippen LogP contribution is -2.55. The fourth-order valence-corrected chi connectivity index (χ4v) is 5.73. The van der Waals surface area contributed by atoms with Gasteiger partial charge in [-0.2, -0.15) is 0 Å². The van der Waals surface area contributed by atoms with Gasteiger partial charge in [0.25, 0.3) is 11.8 Å². The van der Waals surface area contributed by atoms with Gasteiger partial charge in [-0.15, -0.1) is 0 Å². The van der Waals surface area contributed by atoms with Crippen LogP contribution in [0.15, 0.2) is 50.0 Å². The third kappa shape index (κ3) is 3.93. The molecular weight excluding hydrogens is 408 g/mol. The summed E-state index contributed by atoms with van der Waals surface area (Å²) in [5.74, 6) is -0.640. The molecule has 1 fully saturated rings. The minimum absolute atomic E-state index is 0.0985. The van der Waals surface area contributed by atoms with Gasteiger partial charge in [-0.25, -0.2) is 0 Å². The Morgan fingerprint density at radius 1 is 0.964 bits per heavy atom. The van der Waals surface area contributed by atoms with Gasteiger partial charge in [0.15, 0.2) is 5.11 Å². The Balaban J connectivity index is 1.87. The van der Waals surface area contributed by atoms with E-state index in [2.05, 4.69) is 39.0 Å². The summed E-state index contributed by atoms with van der Waals surface area (Å²) in [5.41, 5.74) is 1.56. The molecule has 7 heteroatoms. The number of benzene rings is 1. The minimum atomic E-state index is -0.320. The Morgan fingerprint density at radius 3 is 2.07 bits per heavy atom. The molecule has 2 aliphatic heterocycles. The van der Waals surface area contributed by atoms with Gasteiger partial charge in [-0.05, 0) is 61.3 Å². The molecule has 2 heterocycles. The topological polar surface area (TPSA) is 40.6 Å². The van der Waals surface area contributed by atoms with Crippen molar-refractivity contribution in [3.8, 4) is 0 Å². The van der Waals surface area contributed by atoms with Crippen molar-refractivity contribution in [3.05, 3.63) is 45.7 Å². The van der Waals surface area contributed by atoms with Crippen LogP contribution in [0.3, 0.4) is 0 Å². The molecule has 0 saturated carbocycles. The van der Waals surface area contributed by atoms with Crippen LogP contribution in [0.1, 0.15) is 40.2 Å². The first-order valence-electron chi connectivity index (χ1n) is 9.27. The summed E-state index contributed by atoms with van der Waals surface area (Å²) in [6.07, 6.45) is 3.51. The average molecular weight is 433 g/mol. The lowest BCUT2D eigenvalue weighted by molar-refractivity contribution is -0.133. The molecule has 0 spiro atoms. The third-order valence-electron chi connectivity index (χ3n) is 4.66. The van der Waals surface area contributed by atoms with E-state index in [0.717, 1.165) is 4.24 Å². The van der Waals surface area contributed by atoms with E-state index >= 15 is 0 Å². The maximum atomic E-state index is 12.7. The first kappa shape index (κ1) is 21.1. The minimum Gasteiger partial charge on any atom is -0.285 e. The normalized spacial score (nSPS) is 19.0. The zero-order chi connectivity index (χ0) is 20.6. The second kappa shape index (κ2) is 8.05. The summed E-state index contributed by atoms with van der Waals surface area (Å²) in [4.78, 5) is 30.8. The van der Waals surface area contributed by atoms with E-state index in [1.165, 1.54) is 25.2 Å². The summed E-state index contributed by atoms with van der Waals surface area (Å²) in [5, 5.41) is 0.288. The highest BCUT2D eigenvalue weighted by Crippen LogP contribution is 2.51. The number of hydrogen-bond acceptors (Lipinski definition) is 5. The fraction of sp³-hybridized carbons (Fsp3) is 0.381. The summed E-state index contributed by atoms with van der Waals surface area (Å²) < 4.78 is 1.05. The van der Waals surface area contributed by atoms with Crippen molar-refractivity contribution < 1.29 is 9.59 Å². The van der Waals surface area contributed by atoms with Crippen LogP contribution in [-0.4, -0.2) is 39.8 Å².